The lowest BCUT2D eigenvalue weighted by atomic mass is 10.3. The standard InChI is InChI=1S/C16H15N3O4S/c1-18(9-13-22-6-7-23-13)14(20)10-8-17-16-19(15(10)21)11-4-2-3-5-12(11)24-16/h2-5,8,13H,6-7,9H2,1H3. The third-order valence-electron chi connectivity index (χ3n) is 3.93. The van der Waals surface area contributed by atoms with Crippen LogP contribution in [0, 0.1) is 0 Å². The predicted octanol–water partition coefficient (Wildman–Crippen LogP) is 1.35. The van der Waals surface area contributed by atoms with Gasteiger partial charge < -0.3 is 14.4 Å². The quantitative estimate of drug-likeness (QED) is 0.716. The number of likely N-dealkylation sites (N-methyl/N-ethyl adjacent to an activating group) is 1. The van der Waals surface area contributed by atoms with Gasteiger partial charge in [-0.1, -0.05) is 23.5 Å². The second-order valence-corrected chi connectivity index (χ2v) is 6.53. The zero-order valence-corrected chi connectivity index (χ0v) is 13.8. The van der Waals surface area contributed by atoms with Crippen LogP contribution in [-0.4, -0.2) is 53.3 Å². The molecule has 1 amide bonds. The number of nitrogens with zero attached hydrogens (tertiary/aromatic N) is 3. The first kappa shape index (κ1) is 15.3. The highest BCUT2D eigenvalue weighted by atomic mass is 32.1. The van der Waals surface area contributed by atoms with Gasteiger partial charge in [0.1, 0.15) is 5.56 Å². The molecule has 0 saturated carbocycles. The van der Waals surface area contributed by atoms with E-state index >= 15 is 0 Å². The zero-order valence-electron chi connectivity index (χ0n) is 13.0. The van der Waals surface area contributed by atoms with Crippen molar-refractivity contribution in [2.45, 2.75) is 6.29 Å². The molecule has 0 radical (unpaired) electrons. The SMILES string of the molecule is CN(CC1OCCO1)C(=O)c1cnc2sc3ccccc3n2c1=O. The van der Waals surface area contributed by atoms with E-state index in [0.29, 0.717) is 18.2 Å². The molecule has 0 spiro atoms. The molecule has 7 nitrogen and oxygen atoms in total. The second kappa shape index (κ2) is 5.97. The van der Waals surface area contributed by atoms with E-state index < -0.39 is 12.2 Å². The highest BCUT2D eigenvalue weighted by molar-refractivity contribution is 7.23. The van der Waals surface area contributed by atoms with Crippen molar-refractivity contribution < 1.29 is 14.3 Å². The van der Waals surface area contributed by atoms with Crippen molar-refractivity contribution in [3.63, 3.8) is 0 Å². The topological polar surface area (TPSA) is 73.1 Å². The van der Waals surface area contributed by atoms with Gasteiger partial charge in [-0.05, 0) is 12.1 Å². The van der Waals surface area contributed by atoms with Crippen LogP contribution in [0.25, 0.3) is 15.2 Å². The summed E-state index contributed by atoms with van der Waals surface area (Å²) < 4.78 is 13.1. The van der Waals surface area contributed by atoms with Crippen molar-refractivity contribution in [2.75, 3.05) is 26.8 Å². The van der Waals surface area contributed by atoms with Gasteiger partial charge in [-0.2, -0.15) is 0 Å². The van der Waals surface area contributed by atoms with Crippen LogP contribution in [0.2, 0.25) is 0 Å². The lowest BCUT2D eigenvalue weighted by Crippen LogP contribution is -2.38. The minimum atomic E-state index is -0.444. The number of fused-ring (bicyclic) bond motifs is 3. The molecule has 3 aromatic rings. The summed E-state index contributed by atoms with van der Waals surface area (Å²) in [7, 11) is 1.62. The van der Waals surface area contributed by atoms with Gasteiger partial charge in [0.15, 0.2) is 11.3 Å². The first-order chi connectivity index (χ1) is 11.6. The van der Waals surface area contributed by atoms with Crippen LogP contribution in [-0.2, 0) is 9.47 Å². The van der Waals surface area contributed by atoms with Gasteiger partial charge in [0.25, 0.3) is 11.5 Å². The van der Waals surface area contributed by atoms with E-state index in [2.05, 4.69) is 4.98 Å². The third-order valence-corrected chi connectivity index (χ3v) is 4.96. The zero-order chi connectivity index (χ0) is 16.7. The normalized spacial score (nSPS) is 15.4. The van der Waals surface area contributed by atoms with Crippen molar-refractivity contribution in [2.24, 2.45) is 0 Å². The van der Waals surface area contributed by atoms with Crippen LogP contribution in [0.5, 0.6) is 0 Å². The van der Waals surface area contributed by atoms with Crippen LogP contribution in [0.3, 0.4) is 0 Å². The Hall–Kier alpha value is -2.29. The summed E-state index contributed by atoms with van der Waals surface area (Å²) in [5.74, 6) is -0.392. The monoisotopic (exact) mass is 345 g/mol. The van der Waals surface area contributed by atoms with E-state index in [-0.39, 0.29) is 17.7 Å². The van der Waals surface area contributed by atoms with Gasteiger partial charge in [0, 0.05) is 13.2 Å². The molecule has 3 heterocycles. The molecule has 0 bridgehead atoms. The summed E-state index contributed by atoms with van der Waals surface area (Å²) in [5, 5.41) is 0. The molecule has 0 unspecified atom stereocenters. The maximum absolute atomic E-state index is 12.8. The predicted molar refractivity (Wildman–Crippen MR) is 89.5 cm³/mol. The fraction of sp³-hybridized carbons (Fsp3) is 0.312. The molecule has 0 N–H and O–H groups in total. The minimum absolute atomic E-state index is 0.0385. The fourth-order valence-electron chi connectivity index (χ4n) is 2.72. The number of ether oxygens (including phenoxy) is 2. The summed E-state index contributed by atoms with van der Waals surface area (Å²) in [6, 6.07) is 7.54. The van der Waals surface area contributed by atoms with Crippen molar-refractivity contribution in [3.05, 3.63) is 46.4 Å². The van der Waals surface area contributed by atoms with E-state index in [1.807, 2.05) is 24.3 Å². The minimum Gasteiger partial charge on any atom is -0.348 e. The van der Waals surface area contributed by atoms with Crippen LogP contribution >= 0.6 is 11.3 Å². The summed E-state index contributed by atoms with van der Waals surface area (Å²) in [6.45, 7) is 1.30. The Morgan fingerprint density at radius 3 is 2.92 bits per heavy atom. The molecule has 1 aliphatic heterocycles. The van der Waals surface area contributed by atoms with Crippen molar-refractivity contribution in [1.82, 2.24) is 14.3 Å². The largest absolute Gasteiger partial charge is 0.348 e. The van der Waals surface area contributed by atoms with Crippen LogP contribution in [0.15, 0.2) is 35.3 Å². The first-order valence-electron chi connectivity index (χ1n) is 7.53. The lowest BCUT2D eigenvalue weighted by Gasteiger charge is -2.19. The average Bonchev–Trinajstić information content (AvgIpc) is 3.21. The van der Waals surface area contributed by atoms with Gasteiger partial charge in [0.2, 0.25) is 0 Å². The smallest absolute Gasteiger partial charge is 0.271 e. The van der Waals surface area contributed by atoms with Gasteiger partial charge in [0.05, 0.1) is 30.0 Å². The molecular weight excluding hydrogens is 330 g/mol. The van der Waals surface area contributed by atoms with Gasteiger partial charge >= 0.3 is 0 Å². The van der Waals surface area contributed by atoms with E-state index in [9.17, 15) is 9.59 Å². The number of amides is 1. The summed E-state index contributed by atoms with van der Waals surface area (Å²) in [6.07, 6.45) is 0.905. The van der Waals surface area contributed by atoms with Crippen LogP contribution in [0.4, 0.5) is 0 Å². The maximum atomic E-state index is 12.8. The summed E-state index contributed by atoms with van der Waals surface area (Å²) >= 11 is 1.42. The molecule has 124 valence electrons. The molecule has 1 aliphatic rings. The first-order valence-corrected chi connectivity index (χ1v) is 8.35. The van der Waals surface area contributed by atoms with Crippen molar-refractivity contribution >= 4 is 32.4 Å². The summed E-state index contributed by atoms with van der Waals surface area (Å²) in [5.41, 5.74) is 0.439. The Morgan fingerprint density at radius 2 is 2.12 bits per heavy atom. The number of benzene rings is 1. The lowest BCUT2D eigenvalue weighted by molar-refractivity contribution is -0.0543. The number of carbonyl (C=O) groups is 1. The van der Waals surface area contributed by atoms with E-state index in [0.717, 1.165) is 10.2 Å². The van der Waals surface area contributed by atoms with E-state index in [1.165, 1.54) is 26.8 Å². The maximum Gasteiger partial charge on any atom is 0.271 e. The molecule has 0 aliphatic carbocycles. The van der Waals surface area contributed by atoms with Crippen molar-refractivity contribution in [3.8, 4) is 0 Å². The number of hydrogen-bond donors (Lipinski definition) is 0. The van der Waals surface area contributed by atoms with Gasteiger partial charge in [-0.15, -0.1) is 0 Å². The average molecular weight is 345 g/mol. The Labute approximate surface area is 141 Å². The Balaban J connectivity index is 1.73. The Bertz CT molecular complexity index is 974. The molecular formula is C16H15N3O4S. The Kier molecular flexibility index (Phi) is 3.79. The van der Waals surface area contributed by atoms with Crippen molar-refractivity contribution in [1.29, 1.82) is 0 Å². The number of carbonyl (C=O) groups excluding carboxylic acids is 1. The van der Waals surface area contributed by atoms with E-state index in [1.54, 1.807) is 7.05 Å². The number of aromatic nitrogens is 2. The number of rotatable bonds is 3. The highest BCUT2D eigenvalue weighted by Crippen LogP contribution is 2.23. The van der Waals surface area contributed by atoms with E-state index in [4.69, 9.17) is 9.47 Å². The van der Waals surface area contributed by atoms with Crippen LogP contribution in [0.1, 0.15) is 10.4 Å². The molecule has 2 aromatic heterocycles. The Morgan fingerprint density at radius 1 is 1.38 bits per heavy atom. The number of thiazole rings is 1. The molecule has 8 heteroatoms. The fourth-order valence-corrected chi connectivity index (χ4v) is 3.71. The number of para-hydroxylation sites is 1. The molecule has 1 fully saturated rings. The third kappa shape index (κ3) is 2.48. The number of hydrogen-bond acceptors (Lipinski definition) is 6. The van der Waals surface area contributed by atoms with Gasteiger partial charge in [-0.25, -0.2) is 4.98 Å². The molecule has 0 atom stereocenters. The molecule has 4 rings (SSSR count). The molecule has 1 aromatic carbocycles. The second-order valence-electron chi connectivity index (χ2n) is 5.52. The van der Waals surface area contributed by atoms with Gasteiger partial charge in [-0.3, -0.25) is 14.0 Å². The molecule has 24 heavy (non-hydrogen) atoms. The van der Waals surface area contributed by atoms with Crippen LogP contribution < -0.4 is 5.56 Å². The summed E-state index contributed by atoms with van der Waals surface area (Å²) in [4.78, 5) is 31.7. The highest BCUT2D eigenvalue weighted by Gasteiger charge is 2.24. The molecule has 1 saturated heterocycles.